The molecule has 1 aromatic rings. The van der Waals surface area contributed by atoms with Crippen molar-refractivity contribution in [3.8, 4) is 0 Å². The van der Waals surface area contributed by atoms with Crippen LogP contribution in [0.15, 0.2) is 6.20 Å². The van der Waals surface area contributed by atoms with Gasteiger partial charge >= 0.3 is 5.97 Å². The van der Waals surface area contributed by atoms with Gasteiger partial charge in [-0.15, -0.1) is 0 Å². The highest BCUT2D eigenvalue weighted by Crippen LogP contribution is 2.16. The zero-order valence-electron chi connectivity index (χ0n) is 10.2. The van der Waals surface area contributed by atoms with Crippen molar-refractivity contribution in [1.29, 1.82) is 0 Å². The quantitative estimate of drug-likeness (QED) is 0.732. The van der Waals surface area contributed by atoms with Crippen LogP contribution in [0.25, 0.3) is 0 Å². The van der Waals surface area contributed by atoms with E-state index in [1.165, 1.54) is 0 Å². The number of rotatable bonds is 4. The van der Waals surface area contributed by atoms with E-state index in [4.69, 9.17) is 10.5 Å². The number of hydrogen-bond acceptors (Lipinski definition) is 5. The predicted octanol–water partition coefficient (Wildman–Crippen LogP) is -0.260. The Kier molecular flexibility index (Phi) is 3.44. The average molecular weight is 238 g/mol. The van der Waals surface area contributed by atoms with Gasteiger partial charge in [0.05, 0.1) is 18.5 Å². The van der Waals surface area contributed by atoms with Crippen LogP contribution < -0.4 is 5.73 Å². The summed E-state index contributed by atoms with van der Waals surface area (Å²) in [6, 6.07) is 0.259. The monoisotopic (exact) mass is 238 g/mol. The van der Waals surface area contributed by atoms with Gasteiger partial charge in [-0.05, 0) is 6.92 Å². The van der Waals surface area contributed by atoms with Crippen molar-refractivity contribution in [2.24, 2.45) is 12.8 Å². The first-order chi connectivity index (χ1) is 8.11. The molecule has 0 aromatic carbocycles. The first kappa shape index (κ1) is 12.1. The van der Waals surface area contributed by atoms with Gasteiger partial charge in [-0.3, -0.25) is 9.58 Å². The van der Waals surface area contributed by atoms with Gasteiger partial charge in [0.25, 0.3) is 0 Å². The molecular formula is C11H18N4O2. The predicted molar refractivity (Wildman–Crippen MR) is 62.4 cm³/mol. The van der Waals surface area contributed by atoms with Crippen molar-refractivity contribution >= 4 is 5.97 Å². The third-order valence-corrected chi connectivity index (χ3v) is 2.92. The fraction of sp³-hybridized carbons (Fsp3) is 0.636. The van der Waals surface area contributed by atoms with Crippen molar-refractivity contribution in [2.45, 2.75) is 19.5 Å². The number of carbonyl (C=O) groups excluding carboxylic acids is 1. The van der Waals surface area contributed by atoms with Crippen LogP contribution in [0, 0.1) is 0 Å². The Hall–Kier alpha value is -1.40. The molecule has 0 unspecified atom stereocenters. The molecule has 2 rings (SSSR count). The zero-order valence-corrected chi connectivity index (χ0v) is 10.2. The van der Waals surface area contributed by atoms with Gasteiger partial charge in [0.1, 0.15) is 5.56 Å². The molecular weight excluding hydrogens is 220 g/mol. The second-order valence-corrected chi connectivity index (χ2v) is 4.30. The fourth-order valence-corrected chi connectivity index (χ4v) is 1.98. The topological polar surface area (TPSA) is 73.4 Å². The molecule has 1 aliphatic rings. The molecule has 0 bridgehead atoms. The minimum absolute atomic E-state index is 0.259. The molecule has 1 aromatic heterocycles. The first-order valence-corrected chi connectivity index (χ1v) is 5.77. The van der Waals surface area contributed by atoms with E-state index in [1.807, 2.05) is 7.05 Å². The number of aromatic nitrogens is 2. The van der Waals surface area contributed by atoms with Crippen LogP contribution in [-0.2, 0) is 18.3 Å². The highest BCUT2D eigenvalue weighted by molar-refractivity contribution is 5.90. The number of esters is 1. The van der Waals surface area contributed by atoms with Gasteiger partial charge in [0.15, 0.2) is 0 Å². The Morgan fingerprint density at radius 3 is 2.94 bits per heavy atom. The van der Waals surface area contributed by atoms with Crippen molar-refractivity contribution in [3.63, 3.8) is 0 Å². The van der Waals surface area contributed by atoms with Crippen LogP contribution in [0.5, 0.6) is 0 Å². The smallest absolute Gasteiger partial charge is 0.341 e. The molecule has 1 saturated heterocycles. The number of hydrogen-bond donors (Lipinski definition) is 1. The molecule has 0 saturated carbocycles. The number of nitrogens with two attached hydrogens (primary N) is 1. The molecule has 6 nitrogen and oxygen atoms in total. The van der Waals surface area contributed by atoms with E-state index in [9.17, 15) is 4.79 Å². The second kappa shape index (κ2) is 4.85. The lowest BCUT2D eigenvalue weighted by atomic mass is 10.1. The van der Waals surface area contributed by atoms with Crippen LogP contribution in [0.1, 0.15) is 23.0 Å². The molecule has 17 heavy (non-hydrogen) atoms. The van der Waals surface area contributed by atoms with Crippen molar-refractivity contribution < 1.29 is 9.53 Å². The standard InChI is InChI=1S/C11H18N4O2/c1-3-17-11(16)9-4-13-14(2)10(9)7-15-5-8(12)6-15/h4,8H,3,5-7,12H2,1-2H3. The Morgan fingerprint density at radius 2 is 2.35 bits per heavy atom. The number of aryl methyl sites for hydroxylation is 1. The lowest BCUT2D eigenvalue weighted by Gasteiger charge is -2.36. The SMILES string of the molecule is CCOC(=O)c1cnn(C)c1CN1CC(N)C1. The van der Waals surface area contributed by atoms with Crippen molar-refractivity contribution in [1.82, 2.24) is 14.7 Å². The molecule has 0 aliphatic carbocycles. The molecule has 1 aliphatic heterocycles. The lowest BCUT2D eigenvalue weighted by Crippen LogP contribution is -2.55. The first-order valence-electron chi connectivity index (χ1n) is 5.77. The maximum absolute atomic E-state index is 11.7. The summed E-state index contributed by atoms with van der Waals surface area (Å²) in [7, 11) is 1.83. The van der Waals surface area contributed by atoms with E-state index < -0.39 is 0 Å². The molecule has 1 fully saturated rings. The van der Waals surface area contributed by atoms with Gasteiger partial charge in [-0.25, -0.2) is 4.79 Å². The van der Waals surface area contributed by atoms with Gasteiger partial charge < -0.3 is 10.5 Å². The normalized spacial score (nSPS) is 16.9. The largest absolute Gasteiger partial charge is 0.462 e. The van der Waals surface area contributed by atoms with Crippen LogP contribution in [-0.4, -0.2) is 46.4 Å². The van der Waals surface area contributed by atoms with E-state index in [0.717, 1.165) is 18.8 Å². The third kappa shape index (κ3) is 2.48. The molecule has 94 valence electrons. The number of likely N-dealkylation sites (tertiary alicyclic amines) is 1. The van der Waals surface area contributed by atoms with Gasteiger partial charge in [-0.2, -0.15) is 5.10 Å². The van der Waals surface area contributed by atoms with Crippen molar-refractivity contribution in [3.05, 3.63) is 17.5 Å². The number of carbonyl (C=O) groups is 1. The Bertz CT molecular complexity index is 410. The molecule has 6 heteroatoms. The molecule has 0 spiro atoms. The Morgan fingerprint density at radius 1 is 1.65 bits per heavy atom. The second-order valence-electron chi connectivity index (χ2n) is 4.30. The molecule has 0 atom stereocenters. The minimum Gasteiger partial charge on any atom is -0.462 e. The maximum atomic E-state index is 11.7. The highest BCUT2D eigenvalue weighted by Gasteiger charge is 2.26. The summed E-state index contributed by atoms with van der Waals surface area (Å²) >= 11 is 0. The summed E-state index contributed by atoms with van der Waals surface area (Å²) in [5.74, 6) is -0.305. The van der Waals surface area contributed by atoms with Crippen molar-refractivity contribution in [2.75, 3.05) is 19.7 Å². The average Bonchev–Trinajstić information content (AvgIpc) is 2.59. The van der Waals surface area contributed by atoms with Gasteiger partial charge in [0, 0.05) is 32.7 Å². The van der Waals surface area contributed by atoms with Crippen LogP contribution in [0.4, 0.5) is 0 Å². The van der Waals surface area contributed by atoms with E-state index in [2.05, 4.69) is 10.00 Å². The zero-order chi connectivity index (χ0) is 12.4. The Labute approximate surface area is 100 Å². The summed E-state index contributed by atoms with van der Waals surface area (Å²) in [6.45, 7) is 4.60. The highest BCUT2D eigenvalue weighted by atomic mass is 16.5. The summed E-state index contributed by atoms with van der Waals surface area (Å²) in [5.41, 5.74) is 7.16. The van der Waals surface area contributed by atoms with Crippen LogP contribution in [0.3, 0.4) is 0 Å². The summed E-state index contributed by atoms with van der Waals surface area (Å²) in [6.07, 6.45) is 1.56. The summed E-state index contributed by atoms with van der Waals surface area (Å²) < 4.78 is 6.72. The van der Waals surface area contributed by atoms with E-state index >= 15 is 0 Å². The fourth-order valence-electron chi connectivity index (χ4n) is 1.98. The van der Waals surface area contributed by atoms with Gasteiger partial charge in [0.2, 0.25) is 0 Å². The molecule has 2 N–H and O–H groups in total. The minimum atomic E-state index is -0.305. The van der Waals surface area contributed by atoms with Crippen LogP contribution in [0.2, 0.25) is 0 Å². The molecule has 0 amide bonds. The summed E-state index contributed by atoms with van der Waals surface area (Å²) in [4.78, 5) is 13.9. The lowest BCUT2D eigenvalue weighted by molar-refractivity contribution is 0.0522. The molecule has 0 radical (unpaired) electrons. The summed E-state index contributed by atoms with van der Waals surface area (Å²) in [5, 5.41) is 4.11. The number of ether oxygens (including phenoxy) is 1. The van der Waals surface area contributed by atoms with Gasteiger partial charge in [-0.1, -0.05) is 0 Å². The third-order valence-electron chi connectivity index (χ3n) is 2.92. The van der Waals surface area contributed by atoms with E-state index in [0.29, 0.717) is 18.7 Å². The Balaban J connectivity index is 2.09. The molecule has 2 heterocycles. The van der Waals surface area contributed by atoms with Crippen LogP contribution >= 0.6 is 0 Å². The van der Waals surface area contributed by atoms with E-state index in [-0.39, 0.29) is 12.0 Å². The van der Waals surface area contributed by atoms with E-state index in [1.54, 1.807) is 17.8 Å². The number of nitrogens with zero attached hydrogens (tertiary/aromatic N) is 3. The maximum Gasteiger partial charge on any atom is 0.341 e.